The Kier molecular flexibility index (Phi) is 3.93. The molecule has 0 aliphatic heterocycles. The van der Waals surface area contributed by atoms with Crippen molar-refractivity contribution < 1.29 is 4.79 Å². The van der Waals surface area contributed by atoms with Crippen LogP contribution in [0.2, 0.25) is 0 Å². The molecule has 1 aliphatic rings. The number of hydrogen-bond donors (Lipinski definition) is 0. The molecule has 0 aromatic carbocycles. The molecule has 0 amide bonds. The van der Waals surface area contributed by atoms with Gasteiger partial charge >= 0.3 is 0 Å². The van der Waals surface area contributed by atoms with Crippen molar-refractivity contribution in [3.05, 3.63) is 0 Å². The average molecular weight is 211 g/mol. The van der Waals surface area contributed by atoms with E-state index in [1.807, 2.05) is 20.8 Å². The summed E-state index contributed by atoms with van der Waals surface area (Å²) in [5, 5.41) is 0. The molecule has 1 fully saturated rings. The van der Waals surface area contributed by atoms with Crippen LogP contribution in [-0.2, 0) is 4.79 Å². The Labute approximate surface area is 94.0 Å². The smallest absolute Gasteiger partial charge is 0.139 e. The van der Waals surface area contributed by atoms with Crippen LogP contribution in [0.15, 0.2) is 0 Å². The lowest BCUT2D eigenvalue weighted by molar-refractivity contribution is -0.126. The molecule has 0 heterocycles. The van der Waals surface area contributed by atoms with Crippen LogP contribution >= 0.6 is 0 Å². The SMILES string of the molecule is CC1CC1CN(C)CCC(=O)C(C)(C)C. The van der Waals surface area contributed by atoms with Crippen molar-refractivity contribution in [1.82, 2.24) is 4.90 Å². The zero-order valence-electron chi connectivity index (χ0n) is 10.8. The van der Waals surface area contributed by atoms with Crippen molar-refractivity contribution in [3.8, 4) is 0 Å². The number of Topliss-reactive ketones (excluding diaryl/α,β-unsaturated/α-hetero) is 1. The fourth-order valence-corrected chi connectivity index (χ4v) is 1.81. The first-order valence-corrected chi connectivity index (χ1v) is 6.02. The topological polar surface area (TPSA) is 20.3 Å². The molecule has 15 heavy (non-hydrogen) atoms. The van der Waals surface area contributed by atoms with E-state index in [0.29, 0.717) is 12.2 Å². The molecule has 0 aromatic heterocycles. The summed E-state index contributed by atoms with van der Waals surface area (Å²) in [5.41, 5.74) is -0.173. The van der Waals surface area contributed by atoms with Gasteiger partial charge in [-0.1, -0.05) is 27.7 Å². The Hall–Kier alpha value is -0.370. The van der Waals surface area contributed by atoms with Crippen LogP contribution in [0.1, 0.15) is 40.5 Å². The van der Waals surface area contributed by atoms with E-state index in [4.69, 9.17) is 0 Å². The van der Waals surface area contributed by atoms with Crippen molar-refractivity contribution in [1.29, 1.82) is 0 Å². The van der Waals surface area contributed by atoms with Gasteiger partial charge in [-0.3, -0.25) is 4.79 Å². The molecule has 2 unspecified atom stereocenters. The fraction of sp³-hybridized carbons (Fsp3) is 0.923. The maximum atomic E-state index is 11.7. The maximum absolute atomic E-state index is 11.7. The van der Waals surface area contributed by atoms with Crippen LogP contribution in [-0.4, -0.2) is 30.8 Å². The zero-order valence-corrected chi connectivity index (χ0v) is 10.8. The Morgan fingerprint density at radius 1 is 1.40 bits per heavy atom. The van der Waals surface area contributed by atoms with Gasteiger partial charge < -0.3 is 4.90 Å². The summed E-state index contributed by atoms with van der Waals surface area (Å²) in [7, 11) is 2.13. The second-order valence-electron chi connectivity index (χ2n) is 6.16. The minimum atomic E-state index is -0.173. The largest absolute Gasteiger partial charge is 0.306 e. The molecule has 1 aliphatic carbocycles. The number of carbonyl (C=O) groups excluding carboxylic acids is 1. The summed E-state index contributed by atoms with van der Waals surface area (Å²) in [6, 6.07) is 0. The Morgan fingerprint density at radius 3 is 2.33 bits per heavy atom. The quantitative estimate of drug-likeness (QED) is 0.696. The van der Waals surface area contributed by atoms with Crippen LogP contribution in [0.3, 0.4) is 0 Å². The highest BCUT2D eigenvalue weighted by Gasteiger charge is 2.33. The number of nitrogens with zero attached hydrogens (tertiary/aromatic N) is 1. The maximum Gasteiger partial charge on any atom is 0.139 e. The van der Waals surface area contributed by atoms with Crippen molar-refractivity contribution in [3.63, 3.8) is 0 Å². The number of rotatable bonds is 5. The van der Waals surface area contributed by atoms with Gasteiger partial charge in [0.15, 0.2) is 0 Å². The van der Waals surface area contributed by atoms with Crippen LogP contribution in [0.25, 0.3) is 0 Å². The lowest BCUT2D eigenvalue weighted by Crippen LogP contribution is -2.28. The van der Waals surface area contributed by atoms with Crippen molar-refractivity contribution in [2.75, 3.05) is 20.1 Å². The summed E-state index contributed by atoms with van der Waals surface area (Å²) < 4.78 is 0. The Bertz CT molecular complexity index is 229. The highest BCUT2D eigenvalue weighted by atomic mass is 16.1. The van der Waals surface area contributed by atoms with Gasteiger partial charge in [-0.2, -0.15) is 0 Å². The van der Waals surface area contributed by atoms with E-state index < -0.39 is 0 Å². The molecule has 2 atom stereocenters. The number of hydrogen-bond acceptors (Lipinski definition) is 2. The normalized spacial score (nSPS) is 25.7. The van der Waals surface area contributed by atoms with E-state index in [1.54, 1.807) is 0 Å². The molecule has 88 valence electrons. The lowest BCUT2D eigenvalue weighted by atomic mass is 9.89. The molecule has 2 heteroatoms. The summed E-state index contributed by atoms with van der Waals surface area (Å²) in [4.78, 5) is 14.0. The predicted molar refractivity (Wildman–Crippen MR) is 63.8 cm³/mol. The van der Waals surface area contributed by atoms with Gasteiger partial charge in [0, 0.05) is 24.9 Å². The van der Waals surface area contributed by atoms with Crippen LogP contribution < -0.4 is 0 Å². The van der Waals surface area contributed by atoms with Gasteiger partial charge in [-0.05, 0) is 25.3 Å². The molecule has 0 saturated heterocycles. The molecular formula is C13H25NO. The van der Waals surface area contributed by atoms with Gasteiger partial charge in [-0.25, -0.2) is 0 Å². The molecule has 1 saturated carbocycles. The van der Waals surface area contributed by atoms with Crippen LogP contribution in [0, 0.1) is 17.3 Å². The standard InChI is InChI=1S/C13H25NO/c1-10-8-11(10)9-14(5)7-6-12(15)13(2,3)4/h10-11H,6-9H2,1-5H3. The van der Waals surface area contributed by atoms with E-state index in [2.05, 4.69) is 18.9 Å². The molecule has 0 aromatic rings. The van der Waals surface area contributed by atoms with E-state index in [0.717, 1.165) is 18.4 Å². The Morgan fingerprint density at radius 2 is 1.93 bits per heavy atom. The number of ketones is 1. The van der Waals surface area contributed by atoms with Gasteiger partial charge in [-0.15, -0.1) is 0 Å². The summed E-state index contributed by atoms with van der Waals surface area (Å²) in [6.45, 7) is 10.4. The van der Waals surface area contributed by atoms with Gasteiger partial charge in [0.1, 0.15) is 5.78 Å². The highest BCUT2D eigenvalue weighted by Crippen LogP contribution is 2.37. The molecule has 0 spiro atoms. The van der Waals surface area contributed by atoms with Crippen LogP contribution in [0.4, 0.5) is 0 Å². The van der Waals surface area contributed by atoms with E-state index in [-0.39, 0.29) is 5.41 Å². The molecule has 0 N–H and O–H groups in total. The van der Waals surface area contributed by atoms with E-state index in [9.17, 15) is 4.79 Å². The van der Waals surface area contributed by atoms with Crippen LogP contribution in [0.5, 0.6) is 0 Å². The molecule has 0 bridgehead atoms. The Balaban J connectivity index is 2.16. The highest BCUT2D eigenvalue weighted by molar-refractivity contribution is 5.83. The molecule has 0 radical (unpaired) electrons. The van der Waals surface area contributed by atoms with Gasteiger partial charge in [0.05, 0.1) is 0 Å². The first-order chi connectivity index (χ1) is 6.80. The average Bonchev–Trinajstić information content (AvgIpc) is 2.75. The summed E-state index contributed by atoms with van der Waals surface area (Å²) in [6.07, 6.45) is 2.07. The van der Waals surface area contributed by atoms with E-state index in [1.165, 1.54) is 13.0 Å². The van der Waals surface area contributed by atoms with Gasteiger partial charge in [0.25, 0.3) is 0 Å². The molecular weight excluding hydrogens is 186 g/mol. The monoisotopic (exact) mass is 211 g/mol. The third-order valence-electron chi connectivity index (χ3n) is 3.38. The first kappa shape index (κ1) is 12.7. The third-order valence-corrected chi connectivity index (χ3v) is 3.38. The fourth-order valence-electron chi connectivity index (χ4n) is 1.81. The minimum absolute atomic E-state index is 0.173. The molecule has 2 nitrogen and oxygen atoms in total. The van der Waals surface area contributed by atoms with Crippen molar-refractivity contribution in [2.45, 2.75) is 40.5 Å². The summed E-state index contributed by atoms with van der Waals surface area (Å²) >= 11 is 0. The number of carbonyl (C=O) groups is 1. The lowest BCUT2D eigenvalue weighted by Gasteiger charge is -2.20. The first-order valence-electron chi connectivity index (χ1n) is 6.02. The van der Waals surface area contributed by atoms with E-state index >= 15 is 0 Å². The third kappa shape index (κ3) is 4.33. The zero-order chi connectivity index (χ0) is 11.6. The minimum Gasteiger partial charge on any atom is -0.306 e. The second-order valence-corrected chi connectivity index (χ2v) is 6.16. The van der Waals surface area contributed by atoms with Crippen molar-refractivity contribution in [2.24, 2.45) is 17.3 Å². The molecule has 1 rings (SSSR count). The van der Waals surface area contributed by atoms with Crippen molar-refractivity contribution >= 4 is 5.78 Å². The second kappa shape index (κ2) is 4.65. The predicted octanol–water partition coefficient (Wildman–Crippen LogP) is 2.58. The van der Waals surface area contributed by atoms with Gasteiger partial charge in [0.2, 0.25) is 0 Å². The summed E-state index contributed by atoms with van der Waals surface area (Å²) in [5.74, 6) is 2.17.